The average molecular weight is 307 g/mol. The highest BCUT2D eigenvalue weighted by molar-refractivity contribution is 7.10. The van der Waals surface area contributed by atoms with Gasteiger partial charge in [0, 0.05) is 17.0 Å². The topological polar surface area (TPSA) is 33.6 Å². The van der Waals surface area contributed by atoms with Crippen molar-refractivity contribution in [2.75, 3.05) is 13.7 Å². The number of nitrogens with zero attached hydrogens (tertiary/aromatic N) is 1. The van der Waals surface area contributed by atoms with Gasteiger partial charge in [-0.1, -0.05) is 29.8 Å². The summed E-state index contributed by atoms with van der Waals surface area (Å²) < 4.78 is 5.39. The first-order chi connectivity index (χ1) is 9.79. The molecule has 0 radical (unpaired) electrons. The van der Waals surface area contributed by atoms with E-state index in [9.17, 15) is 0 Å². The van der Waals surface area contributed by atoms with Crippen LogP contribution >= 0.6 is 22.9 Å². The van der Waals surface area contributed by atoms with Crippen molar-refractivity contribution < 1.29 is 4.74 Å². The van der Waals surface area contributed by atoms with Gasteiger partial charge in [0.15, 0.2) is 0 Å². The molecule has 0 saturated heterocycles. The predicted octanol–water partition coefficient (Wildman–Crippen LogP) is 3.71. The molecule has 0 fully saturated rings. The summed E-state index contributed by atoms with van der Waals surface area (Å²) in [6.45, 7) is 0.636. The van der Waals surface area contributed by atoms with Crippen molar-refractivity contribution in [2.24, 2.45) is 11.0 Å². The van der Waals surface area contributed by atoms with Crippen molar-refractivity contribution in [3.05, 3.63) is 57.2 Å². The van der Waals surface area contributed by atoms with Crippen LogP contribution in [0.5, 0.6) is 0 Å². The zero-order valence-electron chi connectivity index (χ0n) is 11.0. The quantitative estimate of drug-likeness (QED) is 0.934. The van der Waals surface area contributed by atoms with Crippen LogP contribution in [0.15, 0.2) is 46.9 Å². The average Bonchev–Trinajstić information content (AvgIpc) is 3.09. The fourth-order valence-corrected chi connectivity index (χ4v) is 3.41. The van der Waals surface area contributed by atoms with Crippen molar-refractivity contribution in [3.63, 3.8) is 0 Å². The van der Waals surface area contributed by atoms with Gasteiger partial charge in [0.05, 0.1) is 24.3 Å². The first-order valence-electron chi connectivity index (χ1n) is 6.41. The Kier molecular flexibility index (Phi) is 4.05. The lowest BCUT2D eigenvalue weighted by Gasteiger charge is -2.19. The van der Waals surface area contributed by atoms with Crippen LogP contribution in [0.3, 0.4) is 0 Å². The highest BCUT2D eigenvalue weighted by Crippen LogP contribution is 2.33. The van der Waals surface area contributed by atoms with Gasteiger partial charge < -0.3 is 10.2 Å². The summed E-state index contributed by atoms with van der Waals surface area (Å²) in [4.78, 5) is 1.28. The number of methoxy groups -OCH3 is 1. The van der Waals surface area contributed by atoms with Crippen LogP contribution in [-0.4, -0.2) is 19.4 Å². The Morgan fingerprint density at radius 2 is 2.10 bits per heavy atom. The largest absolute Gasteiger partial charge is 0.384 e. The van der Waals surface area contributed by atoms with Gasteiger partial charge in [-0.05, 0) is 29.1 Å². The van der Waals surface area contributed by atoms with Gasteiger partial charge in [-0.2, -0.15) is 5.10 Å². The second-order valence-electron chi connectivity index (χ2n) is 4.69. The molecule has 2 unspecified atom stereocenters. The van der Waals surface area contributed by atoms with Gasteiger partial charge in [-0.25, -0.2) is 0 Å². The van der Waals surface area contributed by atoms with Crippen LogP contribution in [0.4, 0.5) is 0 Å². The van der Waals surface area contributed by atoms with E-state index in [4.69, 9.17) is 16.3 Å². The number of hydrogen-bond donors (Lipinski definition) is 1. The highest BCUT2D eigenvalue weighted by atomic mass is 35.5. The SMILES string of the molecule is COCC1C(c2ccc(Cl)cc2)=NNC1c1cccs1. The molecule has 0 saturated carbocycles. The Hall–Kier alpha value is -1.36. The fourth-order valence-electron chi connectivity index (χ4n) is 2.45. The van der Waals surface area contributed by atoms with Crippen LogP contribution in [0.1, 0.15) is 16.5 Å². The third kappa shape index (κ3) is 2.59. The summed E-state index contributed by atoms with van der Waals surface area (Å²) in [5.41, 5.74) is 5.36. The molecule has 5 heteroatoms. The van der Waals surface area contributed by atoms with E-state index in [1.165, 1.54) is 4.88 Å². The number of halogens is 1. The third-order valence-electron chi connectivity index (χ3n) is 3.41. The van der Waals surface area contributed by atoms with Crippen LogP contribution in [0.25, 0.3) is 0 Å². The Morgan fingerprint density at radius 3 is 2.75 bits per heavy atom. The standard InChI is InChI=1S/C15H15ClN2OS/c1-19-9-12-14(10-4-6-11(16)7-5-10)17-18-15(12)13-3-2-8-20-13/h2-8,12,15,18H,9H2,1H3. The van der Waals surface area contributed by atoms with E-state index >= 15 is 0 Å². The van der Waals surface area contributed by atoms with Crippen molar-refractivity contribution in [1.82, 2.24) is 5.43 Å². The molecular formula is C15H15ClN2OS. The minimum absolute atomic E-state index is 0.181. The number of hydrazone groups is 1. The number of rotatable bonds is 4. The lowest BCUT2D eigenvalue weighted by molar-refractivity contribution is 0.166. The molecule has 2 aromatic rings. The summed E-state index contributed by atoms with van der Waals surface area (Å²) in [6, 6.07) is 12.2. The van der Waals surface area contributed by atoms with Crippen molar-refractivity contribution in [2.45, 2.75) is 6.04 Å². The fraction of sp³-hybridized carbons (Fsp3) is 0.267. The maximum absolute atomic E-state index is 5.95. The molecule has 104 valence electrons. The summed E-state index contributed by atoms with van der Waals surface area (Å²) in [6.07, 6.45) is 0. The molecule has 0 spiro atoms. The molecule has 20 heavy (non-hydrogen) atoms. The van der Waals surface area contributed by atoms with E-state index in [2.05, 4.69) is 28.0 Å². The molecule has 1 aliphatic rings. The lowest BCUT2D eigenvalue weighted by Crippen LogP contribution is -2.25. The van der Waals surface area contributed by atoms with Crippen LogP contribution in [0.2, 0.25) is 5.02 Å². The number of thiophene rings is 1. The normalized spacial score (nSPS) is 21.6. The minimum Gasteiger partial charge on any atom is -0.384 e. The van der Waals surface area contributed by atoms with E-state index in [1.54, 1.807) is 18.4 Å². The number of ether oxygens (including phenoxy) is 1. The van der Waals surface area contributed by atoms with E-state index in [0.29, 0.717) is 6.61 Å². The van der Waals surface area contributed by atoms with E-state index in [1.807, 2.05) is 24.3 Å². The molecule has 2 heterocycles. The first-order valence-corrected chi connectivity index (χ1v) is 7.66. The molecule has 3 nitrogen and oxygen atoms in total. The van der Waals surface area contributed by atoms with Crippen molar-refractivity contribution in [3.8, 4) is 0 Å². The molecule has 1 aromatic heterocycles. The van der Waals surface area contributed by atoms with Gasteiger partial charge in [-0.3, -0.25) is 0 Å². The Bertz CT molecular complexity index is 595. The van der Waals surface area contributed by atoms with Crippen LogP contribution in [-0.2, 0) is 4.74 Å². The van der Waals surface area contributed by atoms with Crippen LogP contribution < -0.4 is 5.43 Å². The van der Waals surface area contributed by atoms with Crippen molar-refractivity contribution in [1.29, 1.82) is 0 Å². The van der Waals surface area contributed by atoms with Gasteiger partial charge >= 0.3 is 0 Å². The Morgan fingerprint density at radius 1 is 1.30 bits per heavy atom. The molecular weight excluding hydrogens is 292 g/mol. The third-order valence-corrected chi connectivity index (χ3v) is 4.62. The van der Waals surface area contributed by atoms with Gasteiger partial charge in [0.2, 0.25) is 0 Å². The highest BCUT2D eigenvalue weighted by Gasteiger charge is 2.34. The summed E-state index contributed by atoms with van der Waals surface area (Å²) in [5, 5.41) is 7.34. The minimum atomic E-state index is 0.181. The Labute approximate surface area is 127 Å². The molecule has 2 atom stereocenters. The second-order valence-corrected chi connectivity index (χ2v) is 6.10. The number of nitrogens with one attached hydrogen (secondary N) is 1. The molecule has 1 aliphatic heterocycles. The predicted molar refractivity (Wildman–Crippen MR) is 83.6 cm³/mol. The number of benzene rings is 1. The van der Waals surface area contributed by atoms with E-state index < -0.39 is 0 Å². The smallest absolute Gasteiger partial charge is 0.0888 e. The zero-order chi connectivity index (χ0) is 13.9. The molecule has 3 rings (SSSR count). The molecule has 1 N–H and O–H groups in total. The van der Waals surface area contributed by atoms with Gasteiger partial charge in [0.1, 0.15) is 0 Å². The van der Waals surface area contributed by atoms with Gasteiger partial charge in [0.25, 0.3) is 0 Å². The monoisotopic (exact) mass is 306 g/mol. The number of hydrogen-bond acceptors (Lipinski definition) is 4. The van der Waals surface area contributed by atoms with Gasteiger partial charge in [-0.15, -0.1) is 11.3 Å². The molecule has 0 bridgehead atoms. The van der Waals surface area contributed by atoms with E-state index in [-0.39, 0.29) is 12.0 Å². The lowest BCUT2D eigenvalue weighted by atomic mass is 9.91. The molecule has 0 amide bonds. The molecule has 1 aromatic carbocycles. The summed E-state index contributed by atoms with van der Waals surface area (Å²) in [7, 11) is 1.73. The maximum atomic E-state index is 5.95. The second kappa shape index (κ2) is 5.95. The van der Waals surface area contributed by atoms with Crippen LogP contribution in [0, 0.1) is 5.92 Å². The summed E-state index contributed by atoms with van der Waals surface area (Å²) in [5.74, 6) is 0.208. The maximum Gasteiger partial charge on any atom is 0.0888 e. The summed E-state index contributed by atoms with van der Waals surface area (Å²) >= 11 is 7.68. The van der Waals surface area contributed by atoms with Crippen molar-refractivity contribution >= 4 is 28.6 Å². The Balaban J connectivity index is 1.89. The zero-order valence-corrected chi connectivity index (χ0v) is 12.6. The van der Waals surface area contributed by atoms with E-state index in [0.717, 1.165) is 16.3 Å². The molecule has 0 aliphatic carbocycles. The first kappa shape index (κ1) is 13.6.